The summed E-state index contributed by atoms with van der Waals surface area (Å²) in [5, 5.41) is 0. The molecule has 1 aliphatic heterocycles. The summed E-state index contributed by atoms with van der Waals surface area (Å²) < 4.78 is 40.4. The van der Waals surface area contributed by atoms with Gasteiger partial charge in [-0.1, -0.05) is 6.07 Å². The number of nitrogens with zero attached hydrogens (tertiary/aromatic N) is 3. The van der Waals surface area contributed by atoms with Crippen molar-refractivity contribution in [2.24, 2.45) is 10.7 Å². The molecule has 1 aliphatic rings. The molecule has 0 saturated heterocycles. The third-order valence-electron chi connectivity index (χ3n) is 2.32. The molecule has 0 bridgehead atoms. The summed E-state index contributed by atoms with van der Waals surface area (Å²) in [4.78, 5) is 9.86. The van der Waals surface area contributed by atoms with Gasteiger partial charge in [-0.2, -0.15) is 13.2 Å². The van der Waals surface area contributed by atoms with Gasteiger partial charge in [0.2, 0.25) is 5.88 Å². The number of rotatable bonds is 4. The summed E-state index contributed by atoms with van der Waals surface area (Å²) in [6.07, 6.45) is 2.57. The van der Waals surface area contributed by atoms with Crippen LogP contribution in [0.2, 0.25) is 0 Å². The highest BCUT2D eigenvalue weighted by Gasteiger charge is 2.28. The molecule has 0 radical (unpaired) electrons. The van der Waals surface area contributed by atoms with Crippen LogP contribution < -0.4 is 10.5 Å². The molecule has 2 heterocycles. The van der Waals surface area contributed by atoms with E-state index in [1.807, 2.05) is 37.9 Å². The molecule has 0 unspecified atom stereocenters. The molecule has 0 aliphatic carbocycles. The maximum atomic E-state index is 11.9. The second-order valence-electron chi connectivity index (χ2n) is 6.34. The molecule has 1 aromatic rings. The Labute approximate surface area is 140 Å². The van der Waals surface area contributed by atoms with Crippen LogP contribution in [0.15, 0.2) is 35.6 Å². The monoisotopic (exact) mass is 344 g/mol. The number of hydrogen-bond donors (Lipinski definition) is 1. The van der Waals surface area contributed by atoms with Gasteiger partial charge in [0.25, 0.3) is 0 Å². The van der Waals surface area contributed by atoms with Crippen LogP contribution in [-0.4, -0.2) is 41.1 Å². The van der Waals surface area contributed by atoms with Gasteiger partial charge >= 0.3 is 6.18 Å². The Bertz CT molecular complexity index is 542. The van der Waals surface area contributed by atoms with Gasteiger partial charge in [0.05, 0.1) is 0 Å². The molecule has 2 rings (SSSR count). The van der Waals surface area contributed by atoms with Gasteiger partial charge in [-0.3, -0.25) is 4.99 Å². The maximum Gasteiger partial charge on any atom is 0.422 e. The molecule has 1 aromatic heterocycles. The topological polar surface area (TPSA) is 63.7 Å². The van der Waals surface area contributed by atoms with Crippen molar-refractivity contribution in [2.75, 3.05) is 13.3 Å². The first-order valence-electron chi connectivity index (χ1n) is 7.37. The highest BCUT2D eigenvalue weighted by atomic mass is 19.4. The lowest BCUT2D eigenvalue weighted by atomic mass is 10.1. The predicted octanol–water partition coefficient (Wildman–Crippen LogP) is 3.12. The van der Waals surface area contributed by atoms with Crippen molar-refractivity contribution in [1.82, 2.24) is 9.88 Å². The molecule has 2 N–H and O–H groups in total. The number of alkyl halides is 3. The lowest BCUT2D eigenvalue weighted by Gasteiger charge is -2.19. The van der Waals surface area contributed by atoms with E-state index in [0.29, 0.717) is 13.2 Å². The van der Waals surface area contributed by atoms with Gasteiger partial charge in [-0.05, 0) is 32.4 Å². The summed E-state index contributed by atoms with van der Waals surface area (Å²) in [6, 6.07) is 3.11. The van der Waals surface area contributed by atoms with Crippen LogP contribution in [0.3, 0.4) is 0 Å². The first-order chi connectivity index (χ1) is 11.0. The molecule has 0 aromatic carbocycles. The zero-order chi connectivity index (χ0) is 18.2. The third kappa shape index (κ3) is 10.6. The molecule has 0 atom stereocenters. The summed E-state index contributed by atoms with van der Waals surface area (Å²) in [7, 11) is 0. The highest BCUT2D eigenvalue weighted by Crippen LogP contribution is 2.17. The van der Waals surface area contributed by atoms with Gasteiger partial charge in [0, 0.05) is 36.8 Å². The van der Waals surface area contributed by atoms with Crippen molar-refractivity contribution < 1.29 is 17.9 Å². The van der Waals surface area contributed by atoms with Crippen molar-refractivity contribution in [1.29, 1.82) is 0 Å². The Balaban J connectivity index is 0.000000505. The summed E-state index contributed by atoms with van der Waals surface area (Å²) in [5.41, 5.74) is 6.23. The fraction of sp³-hybridized carbons (Fsp3) is 0.500. The number of halogens is 3. The molecule has 24 heavy (non-hydrogen) atoms. The van der Waals surface area contributed by atoms with Crippen LogP contribution in [-0.2, 0) is 6.54 Å². The Morgan fingerprint density at radius 2 is 1.92 bits per heavy atom. The van der Waals surface area contributed by atoms with Gasteiger partial charge < -0.3 is 15.4 Å². The Morgan fingerprint density at radius 3 is 2.38 bits per heavy atom. The van der Waals surface area contributed by atoms with Gasteiger partial charge in [-0.25, -0.2) is 4.98 Å². The van der Waals surface area contributed by atoms with Crippen LogP contribution in [0.5, 0.6) is 5.88 Å². The molecule has 0 spiro atoms. The number of hydrogen-bond acceptors (Lipinski definition) is 5. The van der Waals surface area contributed by atoms with E-state index < -0.39 is 12.8 Å². The number of ether oxygens (including phenoxy) is 1. The van der Waals surface area contributed by atoms with Gasteiger partial charge in [0.15, 0.2) is 6.61 Å². The van der Waals surface area contributed by atoms with E-state index in [2.05, 4.69) is 14.7 Å². The fourth-order valence-electron chi connectivity index (χ4n) is 1.50. The number of allylic oxidation sites excluding steroid dienone is 1. The van der Waals surface area contributed by atoms with E-state index in [1.165, 1.54) is 12.3 Å². The molecule has 8 heteroatoms. The van der Waals surface area contributed by atoms with Crippen molar-refractivity contribution in [3.8, 4) is 5.88 Å². The predicted molar refractivity (Wildman–Crippen MR) is 87.8 cm³/mol. The molecule has 0 saturated carbocycles. The van der Waals surface area contributed by atoms with Gasteiger partial charge in [-0.15, -0.1) is 0 Å². The smallest absolute Gasteiger partial charge is 0.422 e. The summed E-state index contributed by atoms with van der Waals surface area (Å²) >= 11 is 0. The summed E-state index contributed by atoms with van der Waals surface area (Å²) in [5.74, 6) is -0.0340. The average Bonchev–Trinajstić information content (AvgIpc) is 2.45. The van der Waals surface area contributed by atoms with E-state index >= 15 is 0 Å². The van der Waals surface area contributed by atoms with Crippen molar-refractivity contribution in [2.45, 2.75) is 39.0 Å². The molecule has 0 amide bonds. The van der Waals surface area contributed by atoms with Crippen LogP contribution >= 0.6 is 0 Å². The standard InChI is InChI=1S/C12H12F3N3O.C4H11N/c13-12(14,15)8-19-11-3-2-10(6-17-11)7-18-5-1-4-16-9-18;1-4(2,3)5/h1-6H,7-9H2;5H2,1-3H3. The minimum Gasteiger partial charge on any atom is -0.468 e. The molecule has 5 nitrogen and oxygen atoms in total. The molecule has 0 fully saturated rings. The van der Waals surface area contributed by atoms with Crippen molar-refractivity contribution in [3.63, 3.8) is 0 Å². The second-order valence-corrected chi connectivity index (χ2v) is 6.34. The zero-order valence-electron chi connectivity index (χ0n) is 14.0. The van der Waals surface area contributed by atoms with E-state index in [4.69, 9.17) is 5.73 Å². The SMILES string of the molecule is CC(C)(C)N.FC(F)(F)COc1ccc(CN2C=CC=NC2)cn1. The largest absolute Gasteiger partial charge is 0.468 e. The average molecular weight is 344 g/mol. The van der Waals surface area contributed by atoms with E-state index in [9.17, 15) is 13.2 Å². The normalized spacial score (nSPS) is 14.2. The quantitative estimate of drug-likeness (QED) is 0.911. The number of nitrogens with two attached hydrogens (primary N) is 1. The van der Waals surface area contributed by atoms with Crippen molar-refractivity contribution in [3.05, 3.63) is 36.2 Å². The number of aliphatic imine (C=N–C) groups is 1. The Morgan fingerprint density at radius 1 is 1.25 bits per heavy atom. The first kappa shape index (κ1) is 20.0. The van der Waals surface area contributed by atoms with Crippen LogP contribution in [0, 0.1) is 0 Å². The highest BCUT2D eigenvalue weighted by molar-refractivity contribution is 5.71. The van der Waals surface area contributed by atoms with E-state index in [-0.39, 0.29) is 11.4 Å². The lowest BCUT2D eigenvalue weighted by molar-refractivity contribution is -0.154. The van der Waals surface area contributed by atoms with Crippen LogP contribution in [0.4, 0.5) is 13.2 Å². The lowest BCUT2D eigenvalue weighted by Crippen LogP contribution is -2.26. The van der Waals surface area contributed by atoms with E-state index in [1.54, 1.807) is 12.3 Å². The third-order valence-corrected chi connectivity index (χ3v) is 2.32. The molecular weight excluding hydrogens is 321 g/mol. The minimum atomic E-state index is -4.35. The second kappa shape index (κ2) is 8.68. The maximum absolute atomic E-state index is 11.9. The summed E-state index contributed by atoms with van der Waals surface area (Å²) in [6.45, 7) is 5.72. The number of aromatic nitrogens is 1. The zero-order valence-corrected chi connectivity index (χ0v) is 14.0. The fourth-order valence-corrected chi connectivity index (χ4v) is 1.50. The van der Waals surface area contributed by atoms with Gasteiger partial charge in [0.1, 0.15) is 6.67 Å². The van der Waals surface area contributed by atoms with Crippen LogP contribution in [0.1, 0.15) is 26.3 Å². The Hall–Kier alpha value is -2.09. The molecule has 134 valence electrons. The first-order valence-corrected chi connectivity index (χ1v) is 7.37. The minimum absolute atomic E-state index is 0. The van der Waals surface area contributed by atoms with Crippen molar-refractivity contribution >= 4 is 6.21 Å². The molecular formula is C16H23F3N4O. The Kier molecular flexibility index (Phi) is 7.21. The van der Waals surface area contributed by atoms with E-state index in [0.717, 1.165) is 5.56 Å². The number of pyridine rings is 1. The van der Waals surface area contributed by atoms with Crippen LogP contribution in [0.25, 0.3) is 0 Å².